The third-order valence-electron chi connectivity index (χ3n) is 5.43. The van der Waals surface area contributed by atoms with Gasteiger partial charge in [0.25, 0.3) is 11.8 Å². The molecule has 10 heteroatoms. The van der Waals surface area contributed by atoms with E-state index in [2.05, 4.69) is 10.1 Å². The highest BCUT2D eigenvalue weighted by Gasteiger charge is 2.31. The maximum absolute atomic E-state index is 13.2. The first kappa shape index (κ1) is 21.1. The molecule has 1 amide bonds. The van der Waals surface area contributed by atoms with Gasteiger partial charge in [-0.3, -0.25) is 4.79 Å². The number of piperazine rings is 1. The van der Waals surface area contributed by atoms with Crippen LogP contribution in [0.3, 0.4) is 0 Å². The van der Waals surface area contributed by atoms with Crippen molar-refractivity contribution in [3.8, 4) is 22.8 Å². The highest BCUT2D eigenvalue weighted by Crippen LogP contribution is 2.26. The van der Waals surface area contributed by atoms with E-state index in [-0.39, 0.29) is 48.6 Å². The van der Waals surface area contributed by atoms with Gasteiger partial charge in [-0.1, -0.05) is 41.6 Å². The lowest BCUT2D eigenvalue weighted by Crippen LogP contribution is -2.50. The molecule has 5 rings (SSSR count). The molecular formula is C23H20N4O5S. The number of sulfonamides is 1. The zero-order valence-electron chi connectivity index (χ0n) is 17.5. The topological polar surface area (TPSA) is 110 Å². The third-order valence-corrected chi connectivity index (χ3v) is 7.33. The summed E-state index contributed by atoms with van der Waals surface area (Å²) < 4.78 is 38.4. The van der Waals surface area contributed by atoms with E-state index in [0.29, 0.717) is 11.4 Å². The van der Waals surface area contributed by atoms with Crippen molar-refractivity contribution in [2.24, 2.45) is 0 Å². The summed E-state index contributed by atoms with van der Waals surface area (Å²) in [6, 6.07) is 19.0. The van der Waals surface area contributed by atoms with Crippen LogP contribution in [-0.2, 0) is 10.0 Å². The molecule has 1 aliphatic rings. The Labute approximate surface area is 190 Å². The van der Waals surface area contributed by atoms with E-state index in [1.807, 2.05) is 30.3 Å². The number of hydrogen-bond acceptors (Lipinski definition) is 7. The molecule has 0 unspecified atom stereocenters. The average molecular weight is 465 g/mol. The summed E-state index contributed by atoms with van der Waals surface area (Å²) in [5.74, 6) is 0.661. The van der Waals surface area contributed by atoms with Gasteiger partial charge in [0.1, 0.15) is 0 Å². The summed E-state index contributed by atoms with van der Waals surface area (Å²) in [4.78, 5) is 18.6. The molecule has 1 fully saturated rings. The van der Waals surface area contributed by atoms with Crippen LogP contribution < -0.4 is 0 Å². The van der Waals surface area contributed by atoms with E-state index in [0.717, 1.165) is 5.56 Å². The standard InChI is InChI=1S/C23H20N4O5S/c28-23(20-10-5-15-31-20)26-11-13-27(14-12-26)33(29,30)19-9-4-8-18(16-19)22-24-21(25-32-22)17-6-2-1-3-7-17/h1-10,15-16H,11-14H2. The monoisotopic (exact) mass is 464 g/mol. The molecule has 0 N–H and O–H groups in total. The predicted molar refractivity (Wildman–Crippen MR) is 119 cm³/mol. The van der Waals surface area contributed by atoms with E-state index in [9.17, 15) is 13.2 Å². The number of nitrogens with zero attached hydrogens (tertiary/aromatic N) is 4. The van der Waals surface area contributed by atoms with Gasteiger partial charge in [-0.15, -0.1) is 0 Å². The number of aromatic nitrogens is 2. The fraction of sp³-hybridized carbons (Fsp3) is 0.174. The van der Waals surface area contributed by atoms with Crippen LogP contribution in [0.5, 0.6) is 0 Å². The number of carbonyl (C=O) groups excluding carboxylic acids is 1. The molecule has 1 saturated heterocycles. The van der Waals surface area contributed by atoms with Gasteiger partial charge in [-0.25, -0.2) is 8.42 Å². The molecule has 0 spiro atoms. The van der Waals surface area contributed by atoms with Crippen molar-refractivity contribution < 1.29 is 22.2 Å². The number of hydrogen-bond donors (Lipinski definition) is 0. The highest BCUT2D eigenvalue weighted by molar-refractivity contribution is 7.89. The number of rotatable bonds is 5. The minimum Gasteiger partial charge on any atom is -0.459 e. The van der Waals surface area contributed by atoms with Crippen molar-refractivity contribution in [3.63, 3.8) is 0 Å². The Morgan fingerprint density at radius 1 is 0.879 bits per heavy atom. The Kier molecular flexibility index (Phi) is 5.53. The first-order valence-electron chi connectivity index (χ1n) is 10.3. The number of amides is 1. The van der Waals surface area contributed by atoms with Gasteiger partial charge < -0.3 is 13.8 Å². The van der Waals surface area contributed by atoms with Crippen LogP contribution in [-0.4, -0.2) is 59.8 Å². The summed E-state index contributed by atoms with van der Waals surface area (Å²) in [6.45, 7) is 0.945. The summed E-state index contributed by atoms with van der Waals surface area (Å²) in [5, 5.41) is 4.00. The van der Waals surface area contributed by atoms with Crippen LogP contribution in [0.4, 0.5) is 0 Å². The summed E-state index contributed by atoms with van der Waals surface area (Å²) in [7, 11) is -3.76. The maximum Gasteiger partial charge on any atom is 0.289 e. The van der Waals surface area contributed by atoms with Crippen LogP contribution in [0.15, 0.2) is 86.8 Å². The Bertz CT molecular complexity index is 1360. The van der Waals surface area contributed by atoms with Gasteiger partial charge >= 0.3 is 0 Å². The zero-order chi connectivity index (χ0) is 22.8. The quantitative estimate of drug-likeness (QED) is 0.446. The van der Waals surface area contributed by atoms with Gasteiger partial charge in [-0.2, -0.15) is 9.29 Å². The fourth-order valence-electron chi connectivity index (χ4n) is 3.67. The van der Waals surface area contributed by atoms with Gasteiger partial charge in [0.2, 0.25) is 15.8 Å². The van der Waals surface area contributed by atoms with Gasteiger partial charge in [0.15, 0.2) is 5.76 Å². The lowest BCUT2D eigenvalue weighted by Gasteiger charge is -2.33. The van der Waals surface area contributed by atoms with Crippen molar-refractivity contribution in [3.05, 3.63) is 78.8 Å². The minimum atomic E-state index is -3.76. The molecule has 0 aliphatic carbocycles. The van der Waals surface area contributed by atoms with E-state index in [1.54, 1.807) is 29.2 Å². The molecule has 1 aliphatic heterocycles. The highest BCUT2D eigenvalue weighted by atomic mass is 32.2. The number of furan rings is 1. The molecule has 3 heterocycles. The molecule has 9 nitrogen and oxygen atoms in total. The molecule has 0 atom stereocenters. The van der Waals surface area contributed by atoms with E-state index in [1.165, 1.54) is 22.7 Å². The van der Waals surface area contributed by atoms with E-state index >= 15 is 0 Å². The first-order chi connectivity index (χ1) is 16.0. The maximum atomic E-state index is 13.2. The largest absolute Gasteiger partial charge is 0.459 e. The second-order valence-corrected chi connectivity index (χ2v) is 9.43. The first-order valence-corrected chi connectivity index (χ1v) is 11.8. The van der Waals surface area contributed by atoms with Crippen molar-refractivity contribution in [1.29, 1.82) is 0 Å². The zero-order valence-corrected chi connectivity index (χ0v) is 18.3. The van der Waals surface area contributed by atoms with Crippen LogP contribution in [0.25, 0.3) is 22.8 Å². The van der Waals surface area contributed by atoms with Gasteiger partial charge in [0.05, 0.1) is 11.2 Å². The molecular weight excluding hydrogens is 444 g/mol. The van der Waals surface area contributed by atoms with E-state index in [4.69, 9.17) is 8.94 Å². The molecule has 2 aromatic carbocycles. The summed E-state index contributed by atoms with van der Waals surface area (Å²) >= 11 is 0. The summed E-state index contributed by atoms with van der Waals surface area (Å²) in [6.07, 6.45) is 1.44. The Morgan fingerprint density at radius 2 is 1.64 bits per heavy atom. The molecule has 0 bridgehead atoms. The molecule has 33 heavy (non-hydrogen) atoms. The molecule has 168 valence electrons. The van der Waals surface area contributed by atoms with Crippen molar-refractivity contribution in [2.75, 3.05) is 26.2 Å². The Morgan fingerprint density at radius 3 is 2.36 bits per heavy atom. The lowest BCUT2D eigenvalue weighted by molar-refractivity contribution is 0.0666. The van der Waals surface area contributed by atoms with Crippen LogP contribution >= 0.6 is 0 Å². The molecule has 0 saturated carbocycles. The second kappa shape index (κ2) is 8.64. The van der Waals surface area contributed by atoms with E-state index < -0.39 is 10.0 Å². The SMILES string of the molecule is O=C(c1ccco1)N1CCN(S(=O)(=O)c2cccc(-c3nc(-c4ccccc4)no3)c2)CC1. The summed E-state index contributed by atoms with van der Waals surface area (Å²) in [5.41, 5.74) is 1.32. The minimum absolute atomic E-state index is 0.130. The fourth-order valence-corrected chi connectivity index (χ4v) is 5.14. The van der Waals surface area contributed by atoms with Crippen molar-refractivity contribution in [2.45, 2.75) is 4.90 Å². The normalized spacial score (nSPS) is 15.0. The Balaban J connectivity index is 1.32. The molecule has 2 aromatic heterocycles. The second-order valence-electron chi connectivity index (χ2n) is 7.49. The number of benzene rings is 2. The van der Waals surface area contributed by atoms with Crippen molar-refractivity contribution in [1.82, 2.24) is 19.3 Å². The molecule has 4 aromatic rings. The van der Waals surface area contributed by atoms with Crippen molar-refractivity contribution >= 4 is 15.9 Å². The van der Waals surface area contributed by atoms with Crippen LogP contribution in [0.1, 0.15) is 10.6 Å². The average Bonchev–Trinajstić information content (AvgIpc) is 3.57. The smallest absolute Gasteiger partial charge is 0.289 e. The number of carbonyl (C=O) groups is 1. The van der Waals surface area contributed by atoms with Gasteiger partial charge in [-0.05, 0) is 30.3 Å². The molecule has 0 radical (unpaired) electrons. The Hall–Kier alpha value is -3.76. The van der Waals surface area contributed by atoms with Crippen LogP contribution in [0.2, 0.25) is 0 Å². The lowest BCUT2D eigenvalue weighted by atomic mass is 10.2. The van der Waals surface area contributed by atoms with Gasteiger partial charge in [0, 0.05) is 37.3 Å². The third kappa shape index (κ3) is 4.18. The predicted octanol–water partition coefficient (Wildman–Crippen LogP) is 3.14. The van der Waals surface area contributed by atoms with Crippen LogP contribution in [0, 0.1) is 0 Å².